The number of hydrogen-bond donors (Lipinski definition) is 0. The largest absolute Gasteiger partial charge is 0.467 e. The Bertz CT molecular complexity index is 820. The maximum Gasteiger partial charge on any atom is 0.328 e. The van der Waals surface area contributed by atoms with Gasteiger partial charge in [0.2, 0.25) is 10.0 Å². The zero-order chi connectivity index (χ0) is 18.4. The maximum atomic E-state index is 12.8. The van der Waals surface area contributed by atoms with E-state index < -0.39 is 22.0 Å². The summed E-state index contributed by atoms with van der Waals surface area (Å²) in [6.07, 6.45) is 3.10. The summed E-state index contributed by atoms with van der Waals surface area (Å²) in [5.41, 5.74) is 1.92. The van der Waals surface area contributed by atoms with Gasteiger partial charge in [0.25, 0.3) is 5.91 Å². The maximum absolute atomic E-state index is 12.8. The molecule has 0 saturated carbocycles. The molecule has 1 aromatic rings. The summed E-state index contributed by atoms with van der Waals surface area (Å²) >= 11 is 0. The number of methoxy groups -OCH3 is 1. The molecule has 1 amide bonds. The van der Waals surface area contributed by atoms with Crippen LogP contribution in [0.25, 0.3) is 0 Å². The van der Waals surface area contributed by atoms with Crippen molar-refractivity contribution in [2.24, 2.45) is 0 Å². The van der Waals surface area contributed by atoms with Gasteiger partial charge in [-0.3, -0.25) is 9.10 Å². The molecule has 3 rings (SSSR count). The van der Waals surface area contributed by atoms with E-state index in [1.54, 1.807) is 23.1 Å². The monoisotopic (exact) mass is 366 g/mol. The zero-order valence-corrected chi connectivity index (χ0v) is 15.4. The minimum absolute atomic E-state index is 0.176. The summed E-state index contributed by atoms with van der Waals surface area (Å²) in [6, 6.07) is 4.33. The third-order valence-electron chi connectivity index (χ3n) is 4.82. The van der Waals surface area contributed by atoms with Crippen LogP contribution in [0.3, 0.4) is 0 Å². The third-order valence-corrected chi connectivity index (χ3v) is 6.09. The quantitative estimate of drug-likeness (QED) is 0.750. The number of fused-ring (bicyclic) bond motifs is 1. The Morgan fingerprint density at radius 3 is 2.64 bits per heavy atom. The SMILES string of the molecule is COC(=O)[C@@H]1CCCN1C(=O)c1ccc2c(c1)C[C@H](C)N2S(C)(=O)=O. The van der Waals surface area contributed by atoms with Gasteiger partial charge in [0.1, 0.15) is 6.04 Å². The van der Waals surface area contributed by atoms with Gasteiger partial charge in [0.05, 0.1) is 19.1 Å². The number of hydrogen-bond acceptors (Lipinski definition) is 5. The first-order valence-electron chi connectivity index (χ1n) is 8.25. The molecule has 0 bridgehead atoms. The second-order valence-corrected chi connectivity index (χ2v) is 8.49. The van der Waals surface area contributed by atoms with E-state index in [2.05, 4.69) is 0 Å². The van der Waals surface area contributed by atoms with Crippen molar-refractivity contribution in [3.05, 3.63) is 29.3 Å². The minimum atomic E-state index is -3.36. The number of sulfonamides is 1. The van der Waals surface area contributed by atoms with Crippen LogP contribution in [0.2, 0.25) is 0 Å². The van der Waals surface area contributed by atoms with Crippen molar-refractivity contribution in [3.8, 4) is 0 Å². The molecule has 25 heavy (non-hydrogen) atoms. The van der Waals surface area contributed by atoms with E-state index in [1.807, 2.05) is 6.92 Å². The number of carbonyl (C=O) groups is 2. The van der Waals surface area contributed by atoms with Gasteiger partial charge in [-0.25, -0.2) is 13.2 Å². The van der Waals surface area contributed by atoms with Crippen molar-refractivity contribution >= 4 is 27.6 Å². The van der Waals surface area contributed by atoms with Crippen LogP contribution in [0.15, 0.2) is 18.2 Å². The molecule has 0 spiro atoms. The van der Waals surface area contributed by atoms with Crippen molar-refractivity contribution < 1.29 is 22.7 Å². The highest BCUT2D eigenvalue weighted by Crippen LogP contribution is 2.35. The van der Waals surface area contributed by atoms with Gasteiger partial charge < -0.3 is 9.64 Å². The molecule has 0 radical (unpaired) electrons. The lowest BCUT2D eigenvalue weighted by atomic mass is 10.1. The molecule has 2 aliphatic heterocycles. The lowest BCUT2D eigenvalue weighted by molar-refractivity contribution is -0.145. The molecule has 0 aliphatic carbocycles. The van der Waals surface area contributed by atoms with Crippen LogP contribution in [-0.4, -0.2) is 57.2 Å². The van der Waals surface area contributed by atoms with Gasteiger partial charge in [-0.2, -0.15) is 0 Å². The highest BCUT2D eigenvalue weighted by molar-refractivity contribution is 7.92. The third kappa shape index (κ3) is 3.10. The summed E-state index contributed by atoms with van der Waals surface area (Å²) in [6.45, 7) is 2.36. The highest BCUT2D eigenvalue weighted by Gasteiger charge is 2.37. The number of carbonyl (C=O) groups excluding carboxylic acids is 2. The molecule has 0 N–H and O–H groups in total. The number of benzene rings is 1. The Morgan fingerprint density at radius 1 is 1.28 bits per heavy atom. The fraction of sp³-hybridized carbons (Fsp3) is 0.529. The van der Waals surface area contributed by atoms with Crippen LogP contribution in [0.5, 0.6) is 0 Å². The van der Waals surface area contributed by atoms with Crippen molar-refractivity contribution in [1.29, 1.82) is 0 Å². The Morgan fingerprint density at radius 2 is 2.00 bits per heavy atom. The van der Waals surface area contributed by atoms with Gasteiger partial charge in [0, 0.05) is 18.2 Å². The van der Waals surface area contributed by atoms with E-state index in [9.17, 15) is 18.0 Å². The number of rotatable bonds is 3. The number of amides is 1. The predicted molar refractivity (Wildman–Crippen MR) is 93.0 cm³/mol. The van der Waals surface area contributed by atoms with Crippen LogP contribution >= 0.6 is 0 Å². The lowest BCUT2D eigenvalue weighted by Gasteiger charge is -2.23. The highest BCUT2D eigenvalue weighted by atomic mass is 32.2. The van der Waals surface area contributed by atoms with E-state index in [1.165, 1.54) is 17.7 Å². The molecular weight excluding hydrogens is 344 g/mol. The fourth-order valence-corrected chi connectivity index (χ4v) is 5.06. The molecule has 1 aromatic carbocycles. The van der Waals surface area contributed by atoms with Crippen molar-refractivity contribution in [2.75, 3.05) is 24.2 Å². The summed E-state index contributed by atoms with van der Waals surface area (Å²) < 4.78 is 30.1. The number of esters is 1. The van der Waals surface area contributed by atoms with E-state index in [0.29, 0.717) is 30.6 Å². The lowest BCUT2D eigenvalue weighted by Crippen LogP contribution is -2.41. The van der Waals surface area contributed by atoms with Crippen molar-refractivity contribution in [1.82, 2.24) is 4.90 Å². The molecule has 1 fully saturated rings. The zero-order valence-electron chi connectivity index (χ0n) is 14.6. The van der Waals surface area contributed by atoms with Crippen LogP contribution in [0.1, 0.15) is 35.7 Å². The van der Waals surface area contributed by atoms with Gasteiger partial charge in [0.15, 0.2) is 0 Å². The van der Waals surface area contributed by atoms with Crippen LogP contribution in [-0.2, 0) is 26.0 Å². The smallest absolute Gasteiger partial charge is 0.328 e. The molecule has 2 heterocycles. The Hall–Kier alpha value is -2.09. The number of anilines is 1. The average Bonchev–Trinajstić information content (AvgIpc) is 3.15. The van der Waals surface area contributed by atoms with Crippen LogP contribution < -0.4 is 4.31 Å². The standard InChI is InChI=1S/C17H22N2O5S/c1-11-9-13-10-12(6-7-14(13)19(11)25(3,22)23)16(20)18-8-4-5-15(18)17(21)24-2/h6-7,10-11,15H,4-5,8-9H2,1-3H3/t11-,15-/m0/s1. The topological polar surface area (TPSA) is 84.0 Å². The number of ether oxygens (including phenoxy) is 1. The second kappa shape index (κ2) is 6.33. The first-order valence-corrected chi connectivity index (χ1v) is 10.1. The molecule has 7 nitrogen and oxygen atoms in total. The molecule has 2 aliphatic rings. The molecule has 0 unspecified atom stereocenters. The van der Waals surface area contributed by atoms with Crippen LogP contribution in [0, 0.1) is 0 Å². The summed E-state index contributed by atoms with van der Waals surface area (Å²) in [5.74, 6) is -0.620. The first kappa shape index (κ1) is 17.7. The van der Waals surface area contributed by atoms with Gasteiger partial charge >= 0.3 is 5.97 Å². The summed E-state index contributed by atoms with van der Waals surface area (Å²) in [5, 5.41) is 0. The Balaban J connectivity index is 1.90. The normalized spacial score (nSPS) is 22.8. The molecular formula is C17H22N2O5S. The molecule has 8 heteroatoms. The number of nitrogens with zero attached hydrogens (tertiary/aromatic N) is 2. The second-order valence-electron chi connectivity index (χ2n) is 6.64. The fourth-order valence-electron chi connectivity index (χ4n) is 3.80. The Labute approximate surface area is 147 Å². The summed E-state index contributed by atoms with van der Waals surface area (Å²) in [7, 11) is -2.04. The van der Waals surface area contributed by atoms with Gasteiger partial charge in [-0.05, 0) is 49.9 Å². The average molecular weight is 366 g/mol. The summed E-state index contributed by atoms with van der Waals surface area (Å²) in [4.78, 5) is 26.2. The van der Waals surface area contributed by atoms with Crippen LogP contribution in [0.4, 0.5) is 5.69 Å². The molecule has 2 atom stereocenters. The minimum Gasteiger partial charge on any atom is -0.467 e. The Kier molecular flexibility index (Phi) is 4.49. The first-order chi connectivity index (χ1) is 11.7. The molecule has 136 valence electrons. The van der Waals surface area contributed by atoms with Crippen molar-refractivity contribution in [3.63, 3.8) is 0 Å². The van der Waals surface area contributed by atoms with E-state index in [4.69, 9.17) is 4.74 Å². The van der Waals surface area contributed by atoms with Gasteiger partial charge in [-0.1, -0.05) is 0 Å². The van der Waals surface area contributed by atoms with E-state index in [-0.39, 0.29) is 11.9 Å². The molecule has 1 saturated heterocycles. The molecule has 0 aromatic heterocycles. The van der Waals surface area contributed by atoms with Crippen molar-refractivity contribution in [2.45, 2.75) is 38.3 Å². The van der Waals surface area contributed by atoms with E-state index >= 15 is 0 Å². The predicted octanol–water partition coefficient (Wildman–Crippen LogP) is 1.17. The van der Waals surface area contributed by atoms with Gasteiger partial charge in [-0.15, -0.1) is 0 Å². The number of likely N-dealkylation sites (tertiary alicyclic amines) is 1. The van der Waals surface area contributed by atoms with E-state index in [0.717, 1.165) is 12.0 Å².